The van der Waals surface area contributed by atoms with Gasteiger partial charge < -0.3 is 9.47 Å². The summed E-state index contributed by atoms with van der Waals surface area (Å²) in [6.07, 6.45) is 0. The van der Waals surface area contributed by atoms with Crippen LogP contribution in [0.3, 0.4) is 0 Å². The molecule has 0 amide bonds. The first kappa shape index (κ1) is 11.1. The molecule has 15 heavy (non-hydrogen) atoms. The van der Waals surface area contributed by atoms with Crippen LogP contribution in [0.2, 0.25) is 0 Å². The van der Waals surface area contributed by atoms with Crippen LogP contribution in [0.25, 0.3) is 0 Å². The number of carbonyl (C=O) groups excluding carboxylic acids is 1. The Bertz CT molecular complexity index is 424. The Balaban J connectivity index is 2.98. The molecule has 0 atom stereocenters. The molecule has 0 saturated carbocycles. The normalized spacial score (nSPS) is 8.73. The predicted octanol–water partition coefficient (Wildman–Crippen LogP) is 1.53. The molecule has 0 radical (unpaired) electrons. The molecule has 1 aromatic rings. The number of esters is 1. The van der Waals surface area contributed by atoms with Crippen molar-refractivity contribution in [2.75, 3.05) is 14.2 Å². The van der Waals surface area contributed by atoms with Gasteiger partial charge in [-0.1, -0.05) is 5.92 Å². The average Bonchev–Trinajstić information content (AvgIpc) is 2.25. The Morgan fingerprint density at radius 3 is 2.60 bits per heavy atom. The predicted molar refractivity (Wildman–Crippen MR) is 56.6 cm³/mol. The highest BCUT2D eigenvalue weighted by Gasteiger charge is 1.96. The number of carbonyl (C=O) groups is 1. The first-order valence-corrected chi connectivity index (χ1v) is 4.41. The second kappa shape index (κ2) is 5.06. The number of rotatable bonds is 1. The number of hydrogen-bond acceptors (Lipinski definition) is 3. The summed E-state index contributed by atoms with van der Waals surface area (Å²) in [5.41, 5.74) is 1.76. The van der Waals surface area contributed by atoms with Crippen molar-refractivity contribution in [2.45, 2.75) is 6.92 Å². The zero-order valence-electron chi connectivity index (χ0n) is 8.96. The molecule has 0 N–H and O–H groups in total. The van der Waals surface area contributed by atoms with Gasteiger partial charge in [0.05, 0.1) is 14.2 Å². The van der Waals surface area contributed by atoms with Crippen LogP contribution in [0.15, 0.2) is 18.2 Å². The molecule has 0 aliphatic rings. The fraction of sp³-hybridized carbons (Fsp3) is 0.250. The molecule has 78 valence electrons. The minimum atomic E-state index is -0.546. The lowest BCUT2D eigenvalue weighted by Gasteiger charge is -2.01. The van der Waals surface area contributed by atoms with Crippen LogP contribution in [0.5, 0.6) is 5.75 Å². The van der Waals surface area contributed by atoms with Crippen molar-refractivity contribution in [3.8, 4) is 17.6 Å². The quantitative estimate of drug-likeness (QED) is 0.514. The van der Waals surface area contributed by atoms with Crippen molar-refractivity contribution in [2.24, 2.45) is 0 Å². The van der Waals surface area contributed by atoms with E-state index in [-0.39, 0.29) is 0 Å². The molecule has 0 aromatic heterocycles. The van der Waals surface area contributed by atoms with E-state index in [1.54, 1.807) is 13.2 Å². The van der Waals surface area contributed by atoms with Gasteiger partial charge in [-0.25, -0.2) is 4.79 Å². The maximum atomic E-state index is 10.8. The maximum Gasteiger partial charge on any atom is 0.384 e. The fourth-order valence-corrected chi connectivity index (χ4v) is 1.11. The van der Waals surface area contributed by atoms with Crippen molar-refractivity contribution in [1.82, 2.24) is 0 Å². The highest BCUT2D eigenvalue weighted by Crippen LogP contribution is 2.15. The van der Waals surface area contributed by atoms with Crippen molar-refractivity contribution in [3.63, 3.8) is 0 Å². The highest BCUT2D eigenvalue weighted by atomic mass is 16.5. The van der Waals surface area contributed by atoms with Crippen LogP contribution in [0, 0.1) is 18.8 Å². The molecule has 3 heteroatoms. The molecule has 0 aliphatic carbocycles. The first-order valence-electron chi connectivity index (χ1n) is 4.41. The Labute approximate surface area is 89.0 Å². The number of methoxy groups -OCH3 is 2. The third-order valence-electron chi connectivity index (χ3n) is 1.78. The van der Waals surface area contributed by atoms with Crippen LogP contribution in [0.1, 0.15) is 11.1 Å². The van der Waals surface area contributed by atoms with Gasteiger partial charge in [0, 0.05) is 11.5 Å². The smallest absolute Gasteiger partial charge is 0.384 e. The second-order valence-electron chi connectivity index (χ2n) is 2.98. The molecule has 0 fully saturated rings. The molecule has 1 rings (SSSR count). The molecular formula is C12H12O3. The monoisotopic (exact) mass is 204 g/mol. The van der Waals surface area contributed by atoms with Crippen molar-refractivity contribution < 1.29 is 14.3 Å². The first-order chi connectivity index (χ1) is 7.15. The topological polar surface area (TPSA) is 35.5 Å². The lowest BCUT2D eigenvalue weighted by atomic mass is 10.1. The Morgan fingerprint density at radius 2 is 2.00 bits per heavy atom. The summed E-state index contributed by atoms with van der Waals surface area (Å²) >= 11 is 0. The van der Waals surface area contributed by atoms with E-state index in [0.29, 0.717) is 0 Å². The van der Waals surface area contributed by atoms with Crippen LogP contribution in [-0.4, -0.2) is 20.2 Å². The molecule has 0 heterocycles. The van der Waals surface area contributed by atoms with Gasteiger partial charge in [0.2, 0.25) is 0 Å². The molecule has 1 aromatic carbocycles. The number of hydrogen-bond donors (Lipinski definition) is 0. The van der Waals surface area contributed by atoms with Crippen molar-refractivity contribution >= 4 is 5.97 Å². The van der Waals surface area contributed by atoms with Gasteiger partial charge in [-0.3, -0.25) is 0 Å². The summed E-state index contributed by atoms with van der Waals surface area (Å²) in [5, 5.41) is 0. The average molecular weight is 204 g/mol. The van der Waals surface area contributed by atoms with Gasteiger partial charge in [-0.05, 0) is 30.7 Å². The van der Waals surface area contributed by atoms with Crippen LogP contribution < -0.4 is 4.74 Å². The van der Waals surface area contributed by atoms with Gasteiger partial charge in [0.1, 0.15) is 5.75 Å². The summed E-state index contributed by atoms with van der Waals surface area (Å²) < 4.78 is 9.50. The number of aryl methyl sites for hydroxylation is 1. The zero-order chi connectivity index (χ0) is 11.3. The van der Waals surface area contributed by atoms with E-state index in [2.05, 4.69) is 16.6 Å². The molecule has 0 saturated heterocycles. The molecule has 0 spiro atoms. The van der Waals surface area contributed by atoms with E-state index in [1.807, 2.05) is 19.1 Å². The Morgan fingerprint density at radius 1 is 1.27 bits per heavy atom. The van der Waals surface area contributed by atoms with Gasteiger partial charge in [0.25, 0.3) is 0 Å². The van der Waals surface area contributed by atoms with E-state index in [9.17, 15) is 4.79 Å². The summed E-state index contributed by atoms with van der Waals surface area (Å²) in [6.45, 7) is 1.94. The Kier molecular flexibility index (Phi) is 3.75. The van der Waals surface area contributed by atoms with Gasteiger partial charge >= 0.3 is 5.97 Å². The summed E-state index contributed by atoms with van der Waals surface area (Å²) in [7, 11) is 2.89. The standard InChI is InChI=1S/C12H12O3/c1-9-6-10(4-5-12(13)15-3)8-11(7-9)14-2/h6-8H,1-3H3. The number of ether oxygens (including phenoxy) is 2. The third-order valence-corrected chi connectivity index (χ3v) is 1.78. The SMILES string of the molecule is COC(=O)C#Cc1cc(C)cc(OC)c1. The minimum absolute atomic E-state index is 0.546. The van der Waals surface area contributed by atoms with Gasteiger partial charge in [-0.15, -0.1) is 0 Å². The molecule has 0 unspecified atom stereocenters. The zero-order valence-corrected chi connectivity index (χ0v) is 8.96. The lowest BCUT2D eigenvalue weighted by Crippen LogP contribution is -1.94. The van der Waals surface area contributed by atoms with E-state index in [1.165, 1.54) is 7.11 Å². The van der Waals surface area contributed by atoms with E-state index < -0.39 is 5.97 Å². The van der Waals surface area contributed by atoms with Crippen LogP contribution >= 0.6 is 0 Å². The largest absolute Gasteiger partial charge is 0.497 e. The van der Waals surface area contributed by atoms with Crippen molar-refractivity contribution in [1.29, 1.82) is 0 Å². The number of benzene rings is 1. The molecule has 0 aliphatic heterocycles. The summed E-state index contributed by atoms with van der Waals surface area (Å²) in [6, 6.07) is 5.53. The maximum absolute atomic E-state index is 10.8. The second-order valence-corrected chi connectivity index (χ2v) is 2.98. The lowest BCUT2D eigenvalue weighted by molar-refractivity contribution is -0.133. The van der Waals surface area contributed by atoms with Crippen LogP contribution in [0.4, 0.5) is 0 Å². The molecular weight excluding hydrogens is 192 g/mol. The third kappa shape index (κ3) is 3.35. The fourth-order valence-electron chi connectivity index (χ4n) is 1.11. The minimum Gasteiger partial charge on any atom is -0.497 e. The van der Waals surface area contributed by atoms with E-state index in [4.69, 9.17) is 4.74 Å². The van der Waals surface area contributed by atoms with Gasteiger partial charge in [-0.2, -0.15) is 0 Å². The molecule has 3 nitrogen and oxygen atoms in total. The van der Waals surface area contributed by atoms with Gasteiger partial charge in [0.15, 0.2) is 0 Å². The highest BCUT2D eigenvalue weighted by molar-refractivity contribution is 5.89. The molecule has 0 bridgehead atoms. The van der Waals surface area contributed by atoms with E-state index in [0.717, 1.165) is 16.9 Å². The Hall–Kier alpha value is -1.95. The summed E-state index contributed by atoms with van der Waals surface area (Å²) in [5.74, 6) is 5.25. The summed E-state index contributed by atoms with van der Waals surface area (Å²) in [4.78, 5) is 10.8. The van der Waals surface area contributed by atoms with E-state index >= 15 is 0 Å². The van der Waals surface area contributed by atoms with Crippen molar-refractivity contribution in [3.05, 3.63) is 29.3 Å². The van der Waals surface area contributed by atoms with Crippen LogP contribution in [-0.2, 0) is 9.53 Å².